The minimum Gasteiger partial charge on any atom is -0.380 e. The van der Waals surface area contributed by atoms with Crippen molar-refractivity contribution in [2.45, 2.75) is 59.9 Å². The van der Waals surface area contributed by atoms with Crippen molar-refractivity contribution in [3.8, 4) is 0 Å². The van der Waals surface area contributed by atoms with E-state index in [4.69, 9.17) is 4.74 Å². The van der Waals surface area contributed by atoms with Crippen LogP contribution in [0.5, 0.6) is 0 Å². The van der Waals surface area contributed by atoms with Gasteiger partial charge in [-0.2, -0.15) is 9.30 Å². The van der Waals surface area contributed by atoms with E-state index in [0.29, 0.717) is 43.2 Å². The molecule has 1 heterocycles. The Hall–Kier alpha value is -2.33. The van der Waals surface area contributed by atoms with E-state index in [2.05, 4.69) is 31.0 Å². The molecule has 1 aromatic heterocycles. The zero-order chi connectivity index (χ0) is 27.3. The van der Waals surface area contributed by atoms with Gasteiger partial charge in [-0.05, 0) is 74.1 Å². The fourth-order valence-corrected chi connectivity index (χ4v) is 7.34. The van der Waals surface area contributed by atoms with E-state index >= 15 is 0 Å². The Labute approximate surface area is 224 Å². The largest absolute Gasteiger partial charge is 0.380 e. The summed E-state index contributed by atoms with van der Waals surface area (Å²) in [6.07, 6.45) is 0. The highest BCUT2D eigenvalue weighted by molar-refractivity contribution is 7.89. The SMILES string of the molecule is CCOCCn1c(=NC(=O)c2ccc(S(=O)(=O)N(CC(C)C)CC(C)C)cc2)sc2cc(C)cc(C)c21. The van der Waals surface area contributed by atoms with Crippen LogP contribution in [0.1, 0.15) is 56.1 Å². The van der Waals surface area contributed by atoms with Crippen LogP contribution in [0.25, 0.3) is 10.2 Å². The second-order valence-corrected chi connectivity index (χ2v) is 13.2. The molecule has 0 saturated carbocycles. The number of carbonyl (C=O) groups excluding carboxylic acids is 1. The van der Waals surface area contributed by atoms with Gasteiger partial charge >= 0.3 is 0 Å². The summed E-state index contributed by atoms with van der Waals surface area (Å²) in [5, 5.41) is 0. The molecule has 0 aliphatic carbocycles. The minimum atomic E-state index is -3.66. The lowest BCUT2D eigenvalue weighted by Crippen LogP contribution is -2.37. The first-order valence-electron chi connectivity index (χ1n) is 12.8. The van der Waals surface area contributed by atoms with Gasteiger partial charge in [0.1, 0.15) is 0 Å². The standard InChI is InChI=1S/C28H39N3O4S2/c1-8-35-14-13-31-26-22(7)15-21(6)16-25(26)36-28(31)29-27(32)23-9-11-24(12-10-23)37(33,34)30(17-19(2)3)18-20(4)5/h9-12,15-16,19-20H,8,13-14,17-18H2,1-7H3. The summed E-state index contributed by atoms with van der Waals surface area (Å²) in [7, 11) is -3.66. The molecule has 2 aromatic carbocycles. The van der Waals surface area contributed by atoms with Gasteiger partial charge in [0.05, 0.1) is 21.7 Å². The number of ether oxygens (including phenoxy) is 1. The summed E-state index contributed by atoms with van der Waals surface area (Å²) < 4.78 is 36.8. The van der Waals surface area contributed by atoms with Crippen molar-refractivity contribution in [3.05, 3.63) is 57.9 Å². The van der Waals surface area contributed by atoms with Gasteiger partial charge in [0.2, 0.25) is 10.0 Å². The molecule has 0 aliphatic heterocycles. The average molecular weight is 546 g/mol. The predicted molar refractivity (Wildman–Crippen MR) is 151 cm³/mol. The van der Waals surface area contributed by atoms with Crippen LogP contribution in [-0.2, 0) is 21.3 Å². The summed E-state index contributed by atoms with van der Waals surface area (Å²) >= 11 is 1.47. The van der Waals surface area contributed by atoms with Gasteiger partial charge in [0.25, 0.3) is 5.91 Å². The van der Waals surface area contributed by atoms with E-state index in [0.717, 1.165) is 21.3 Å². The van der Waals surface area contributed by atoms with Gasteiger partial charge in [-0.25, -0.2) is 8.42 Å². The number of fused-ring (bicyclic) bond motifs is 1. The Kier molecular flexibility index (Phi) is 9.86. The van der Waals surface area contributed by atoms with Gasteiger partial charge in [0, 0.05) is 31.8 Å². The summed E-state index contributed by atoms with van der Waals surface area (Å²) in [6.45, 7) is 16.7. The molecule has 0 saturated heterocycles. The first-order chi connectivity index (χ1) is 17.4. The Morgan fingerprint density at radius 1 is 1.05 bits per heavy atom. The van der Waals surface area contributed by atoms with Crippen molar-refractivity contribution in [1.29, 1.82) is 0 Å². The lowest BCUT2D eigenvalue weighted by Gasteiger charge is -2.25. The number of benzene rings is 2. The van der Waals surface area contributed by atoms with E-state index in [-0.39, 0.29) is 16.7 Å². The number of hydrogen-bond donors (Lipinski definition) is 0. The van der Waals surface area contributed by atoms with Crippen molar-refractivity contribution in [3.63, 3.8) is 0 Å². The summed E-state index contributed by atoms with van der Waals surface area (Å²) in [4.78, 5) is 18.4. The highest BCUT2D eigenvalue weighted by Crippen LogP contribution is 2.24. The Balaban J connectivity index is 1.97. The summed E-state index contributed by atoms with van der Waals surface area (Å²) in [6, 6.07) is 10.3. The Morgan fingerprint density at radius 2 is 1.68 bits per heavy atom. The van der Waals surface area contributed by atoms with Gasteiger partial charge in [0.15, 0.2) is 4.80 Å². The molecule has 9 heteroatoms. The molecule has 0 aliphatic rings. The third-order valence-corrected chi connectivity index (χ3v) is 8.72. The van der Waals surface area contributed by atoms with Crippen LogP contribution >= 0.6 is 11.3 Å². The first-order valence-corrected chi connectivity index (χ1v) is 15.1. The lowest BCUT2D eigenvalue weighted by atomic mass is 10.1. The average Bonchev–Trinajstić information content (AvgIpc) is 3.15. The third kappa shape index (κ3) is 7.16. The molecule has 202 valence electrons. The zero-order valence-electron chi connectivity index (χ0n) is 22.9. The maximum atomic E-state index is 13.3. The summed E-state index contributed by atoms with van der Waals surface area (Å²) in [5.74, 6) is 0.00363. The quantitative estimate of drug-likeness (QED) is 0.302. The zero-order valence-corrected chi connectivity index (χ0v) is 24.6. The first kappa shape index (κ1) is 29.2. The van der Waals surface area contributed by atoms with Crippen molar-refractivity contribution in [2.24, 2.45) is 16.8 Å². The number of nitrogens with zero attached hydrogens (tertiary/aromatic N) is 3. The van der Waals surface area contributed by atoms with Crippen LogP contribution in [0, 0.1) is 25.7 Å². The number of rotatable bonds is 11. The fourth-order valence-electron chi connectivity index (χ4n) is 4.34. The molecule has 7 nitrogen and oxygen atoms in total. The molecule has 0 unspecified atom stereocenters. The van der Waals surface area contributed by atoms with Crippen LogP contribution < -0.4 is 4.80 Å². The van der Waals surface area contributed by atoms with E-state index in [9.17, 15) is 13.2 Å². The van der Waals surface area contributed by atoms with Gasteiger partial charge < -0.3 is 9.30 Å². The van der Waals surface area contributed by atoms with Gasteiger partial charge in [-0.15, -0.1) is 0 Å². The van der Waals surface area contributed by atoms with Crippen LogP contribution in [0.2, 0.25) is 0 Å². The molecule has 0 fully saturated rings. The van der Waals surface area contributed by atoms with Crippen molar-refractivity contribution in [1.82, 2.24) is 8.87 Å². The molecule has 0 spiro atoms. The van der Waals surface area contributed by atoms with E-state index < -0.39 is 15.9 Å². The highest BCUT2D eigenvalue weighted by Gasteiger charge is 2.26. The number of sulfonamides is 1. The summed E-state index contributed by atoms with van der Waals surface area (Å²) in [5.41, 5.74) is 3.68. The minimum absolute atomic E-state index is 0.185. The van der Waals surface area contributed by atoms with Crippen molar-refractivity contribution in [2.75, 3.05) is 26.3 Å². The fraction of sp³-hybridized carbons (Fsp3) is 0.500. The topological polar surface area (TPSA) is 81.0 Å². The van der Waals surface area contributed by atoms with Gasteiger partial charge in [-0.3, -0.25) is 4.79 Å². The van der Waals surface area contributed by atoms with E-state index in [1.54, 1.807) is 12.1 Å². The van der Waals surface area contributed by atoms with E-state index in [1.165, 1.54) is 27.8 Å². The molecule has 1 amide bonds. The molecule has 0 N–H and O–H groups in total. The molecule has 37 heavy (non-hydrogen) atoms. The second kappa shape index (κ2) is 12.5. The molecule has 0 atom stereocenters. The Morgan fingerprint density at radius 3 is 2.24 bits per heavy atom. The molecule has 3 rings (SSSR count). The van der Waals surface area contributed by atoms with E-state index in [1.807, 2.05) is 39.2 Å². The monoisotopic (exact) mass is 545 g/mol. The number of carbonyl (C=O) groups is 1. The molecule has 3 aromatic rings. The number of aryl methyl sites for hydroxylation is 2. The van der Waals surface area contributed by atoms with Crippen molar-refractivity contribution < 1.29 is 17.9 Å². The highest BCUT2D eigenvalue weighted by atomic mass is 32.2. The number of aromatic nitrogens is 1. The second-order valence-electron chi connectivity index (χ2n) is 10.2. The smallest absolute Gasteiger partial charge is 0.279 e. The maximum absolute atomic E-state index is 13.3. The molecule has 0 bridgehead atoms. The molecular formula is C28H39N3O4S2. The maximum Gasteiger partial charge on any atom is 0.279 e. The predicted octanol–water partition coefficient (Wildman–Crippen LogP) is 5.40. The lowest BCUT2D eigenvalue weighted by molar-refractivity contribution is 0.0996. The van der Waals surface area contributed by atoms with Crippen molar-refractivity contribution >= 4 is 37.5 Å². The number of thiazole rings is 1. The van der Waals surface area contributed by atoms with Crippen LogP contribution in [0.15, 0.2) is 46.3 Å². The van der Waals surface area contributed by atoms with Gasteiger partial charge in [-0.1, -0.05) is 45.1 Å². The third-order valence-electron chi connectivity index (χ3n) is 5.85. The molecular weight excluding hydrogens is 506 g/mol. The van der Waals surface area contributed by atoms with Crippen LogP contribution in [0.3, 0.4) is 0 Å². The number of hydrogen-bond acceptors (Lipinski definition) is 5. The van der Waals surface area contributed by atoms with Crippen LogP contribution in [0.4, 0.5) is 0 Å². The normalized spacial score (nSPS) is 13.0. The van der Waals surface area contributed by atoms with Crippen LogP contribution in [-0.4, -0.2) is 49.5 Å². The molecule has 0 radical (unpaired) electrons. The Bertz CT molecular complexity index is 1390. The number of amides is 1.